The van der Waals surface area contributed by atoms with E-state index in [-0.39, 0.29) is 24.6 Å². The molecule has 0 aromatic rings. The van der Waals surface area contributed by atoms with Gasteiger partial charge in [0.15, 0.2) is 6.61 Å². The lowest BCUT2D eigenvalue weighted by Crippen LogP contribution is -2.28. The normalized spacial score (nSPS) is 17.5. The summed E-state index contributed by atoms with van der Waals surface area (Å²) in [6.45, 7) is 14.5. The molecule has 0 radical (unpaired) electrons. The highest BCUT2D eigenvalue weighted by atomic mass is 16.5. The first-order valence-electron chi connectivity index (χ1n) is 7.48. The number of hydrogen-bond acceptors (Lipinski definition) is 4. The van der Waals surface area contributed by atoms with Gasteiger partial charge in [-0.05, 0) is 25.3 Å². The van der Waals surface area contributed by atoms with Crippen molar-refractivity contribution in [3.05, 3.63) is 41.5 Å². The molecule has 0 bridgehead atoms. The Labute approximate surface area is 142 Å². The molecule has 0 spiro atoms. The molecule has 1 aliphatic carbocycles. The number of carbonyl (C=O) groups is 1. The minimum Gasteiger partial charge on any atom is -0.453 e. The predicted molar refractivity (Wildman–Crippen MR) is 88.2 cm³/mol. The van der Waals surface area contributed by atoms with Crippen molar-refractivity contribution in [2.75, 3.05) is 6.61 Å². The number of hydrogen-bond donors (Lipinski definition) is 0. The largest absolute Gasteiger partial charge is 0.453 e. The first kappa shape index (κ1) is 21.2. The van der Waals surface area contributed by atoms with E-state index in [0.717, 1.165) is 24.8 Å². The summed E-state index contributed by atoms with van der Waals surface area (Å²) < 4.78 is 4.77. The summed E-state index contributed by atoms with van der Waals surface area (Å²) in [5, 5.41) is 0. The summed E-state index contributed by atoms with van der Waals surface area (Å²) in [6, 6.07) is 0. The summed E-state index contributed by atoms with van der Waals surface area (Å²) in [5.74, 6) is 5.63. The maximum atomic E-state index is 10.7. The van der Waals surface area contributed by atoms with E-state index < -0.39 is 5.54 Å². The van der Waals surface area contributed by atoms with Crippen LogP contribution in [0.5, 0.6) is 0 Å². The molecule has 2 atom stereocenters. The minimum absolute atomic E-state index is 0.0818. The van der Waals surface area contributed by atoms with Gasteiger partial charge in [-0.2, -0.15) is 9.59 Å². The van der Waals surface area contributed by atoms with Crippen LogP contribution < -0.4 is 0 Å². The monoisotopic (exact) mass is 327 g/mol. The molecule has 5 nitrogen and oxygen atoms in total. The number of allylic oxidation sites excluding steroid dienone is 2. The van der Waals surface area contributed by atoms with Crippen LogP contribution in [0.2, 0.25) is 0 Å². The van der Waals surface area contributed by atoms with Gasteiger partial charge in [0.25, 0.3) is 5.54 Å². The zero-order valence-corrected chi connectivity index (χ0v) is 14.1. The average molecular weight is 327 g/mol. The molecule has 24 heavy (non-hydrogen) atoms. The van der Waals surface area contributed by atoms with Crippen LogP contribution in [0.25, 0.3) is 4.85 Å². The van der Waals surface area contributed by atoms with Crippen molar-refractivity contribution in [2.24, 2.45) is 5.92 Å². The molecule has 2 unspecified atom stereocenters. The molecule has 0 saturated heterocycles. The maximum absolute atomic E-state index is 10.7. The number of nitrogens with zero attached hydrogens (tertiary/aromatic N) is 1. The summed E-state index contributed by atoms with van der Waals surface area (Å²) in [7, 11) is 0. The molecule has 126 valence electrons. The topological polar surface area (TPSA) is 64.8 Å². The van der Waals surface area contributed by atoms with Gasteiger partial charge in [-0.3, -0.25) is 4.79 Å². The Hall–Kier alpha value is -2.84. The first-order valence-corrected chi connectivity index (χ1v) is 7.48. The molecule has 0 heterocycles. The maximum Gasteiger partial charge on any atom is 0.373 e. The molecule has 0 amide bonds. The number of carbonyl (C=O) groups excluding carboxylic acids is 3. The predicted octanol–water partition coefficient (Wildman–Crippen LogP) is 3.11. The van der Waals surface area contributed by atoms with E-state index >= 15 is 0 Å². The molecule has 1 rings (SSSR count). The minimum atomic E-state index is -0.637. The van der Waals surface area contributed by atoms with Crippen LogP contribution in [-0.2, 0) is 19.1 Å². The highest BCUT2D eigenvalue weighted by molar-refractivity contribution is 5.66. The Kier molecular flexibility index (Phi) is 10.3. The molecule has 1 aliphatic rings. The second-order valence-corrected chi connectivity index (χ2v) is 5.35. The van der Waals surface area contributed by atoms with Crippen molar-refractivity contribution in [3.63, 3.8) is 0 Å². The summed E-state index contributed by atoms with van der Waals surface area (Å²) in [5.41, 5.74) is 3.32. The third-order valence-electron chi connectivity index (χ3n) is 3.58. The highest BCUT2D eigenvalue weighted by Crippen LogP contribution is 2.37. The van der Waals surface area contributed by atoms with E-state index in [4.69, 9.17) is 20.9 Å². The van der Waals surface area contributed by atoms with Gasteiger partial charge in [0.05, 0.1) is 6.42 Å². The first-order chi connectivity index (χ1) is 11.4. The van der Waals surface area contributed by atoms with Crippen molar-refractivity contribution in [3.8, 4) is 11.8 Å². The van der Waals surface area contributed by atoms with Crippen LogP contribution in [-0.4, -0.2) is 24.3 Å². The summed E-state index contributed by atoms with van der Waals surface area (Å²) in [4.78, 5) is 30.7. The van der Waals surface area contributed by atoms with Crippen LogP contribution in [0.15, 0.2) is 30.0 Å². The Bertz CT molecular complexity index is 647. The summed E-state index contributed by atoms with van der Waals surface area (Å²) >= 11 is 0. The Balaban J connectivity index is 0.00000163. The molecule has 0 aliphatic heterocycles. The molecule has 5 heteroatoms. The zero-order chi connectivity index (χ0) is 18.4. The van der Waals surface area contributed by atoms with Crippen LogP contribution in [0.3, 0.4) is 0 Å². The fourth-order valence-electron chi connectivity index (χ4n) is 2.47. The van der Waals surface area contributed by atoms with E-state index in [1.54, 1.807) is 0 Å². The third kappa shape index (κ3) is 7.43. The van der Waals surface area contributed by atoms with Crippen LogP contribution >= 0.6 is 0 Å². The molecule has 0 N–H and O–H groups in total. The van der Waals surface area contributed by atoms with Crippen LogP contribution in [0, 0.1) is 24.3 Å². The van der Waals surface area contributed by atoms with Gasteiger partial charge >= 0.3 is 12.1 Å². The second-order valence-electron chi connectivity index (χ2n) is 5.35. The van der Waals surface area contributed by atoms with E-state index in [1.807, 2.05) is 13.0 Å². The highest BCUT2D eigenvalue weighted by Gasteiger charge is 2.38. The van der Waals surface area contributed by atoms with Gasteiger partial charge < -0.3 is 9.58 Å². The summed E-state index contributed by atoms with van der Waals surface area (Å²) in [6.07, 6.45) is 7.95. The Morgan fingerprint density at radius 2 is 2.21 bits per heavy atom. The van der Waals surface area contributed by atoms with Gasteiger partial charge in [-0.15, -0.1) is 5.73 Å². The SMILES string of the molecule is O=C=O.[C-]#[N+]C(C)(CC#CCOC(C)=O)C1=CCCCC1C=C=C. The number of ether oxygens (including phenoxy) is 1. The lowest BCUT2D eigenvalue weighted by atomic mass is 9.75. The molecule has 0 aromatic carbocycles. The Morgan fingerprint density at radius 1 is 1.54 bits per heavy atom. The molecular formula is C19H21NO4. The van der Waals surface area contributed by atoms with Crippen molar-refractivity contribution in [1.82, 2.24) is 0 Å². The van der Waals surface area contributed by atoms with Crippen molar-refractivity contribution >= 4 is 12.1 Å². The zero-order valence-electron chi connectivity index (χ0n) is 14.1. The number of rotatable bonds is 4. The van der Waals surface area contributed by atoms with Gasteiger partial charge in [0.2, 0.25) is 0 Å². The molecule has 0 saturated carbocycles. The quantitative estimate of drug-likeness (QED) is 0.262. The standard InChI is InChI=1S/C18H21NO2.CO2/c1-5-10-16-11-6-7-12-17(16)18(3,19-4)13-8-9-14-21-15(2)20;2-1-3/h10,12,16H,1,6-7,11,13-14H2,2-3H3;. The smallest absolute Gasteiger partial charge is 0.373 e. The third-order valence-corrected chi connectivity index (χ3v) is 3.58. The van der Waals surface area contributed by atoms with Crippen LogP contribution in [0.1, 0.15) is 39.5 Å². The van der Waals surface area contributed by atoms with Crippen molar-refractivity contribution in [1.29, 1.82) is 0 Å². The Morgan fingerprint density at radius 3 is 2.75 bits per heavy atom. The lowest BCUT2D eigenvalue weighted by molar-refractivity contribution is -0.191. The fraction of sp³-hybridized carbons (Fsp3) is 0.474. The number of esters is 1. The van der Waals surface area contributed by atoms with E-state index in [1.165, 1.54) is 6.92 Å². The average Bonchev–Trinajstić information content (AvgIpc) is 2.55. The van der Waals surface area contributed by atoms with Crippen LogP contribution in [0.4, 0.5) is 0 Å². The van der Waals surface area contributed by atoms with E-state index in [9.17, 15) is 4.79 Å². The van der Waals surface area contributed by atoms with Gasteiger partial charge in [-0.25, -0.2) is 6.57 Å². The van der Waals surface area contributed by atoms with Crippen molar-refractivity contribution < 1.29 is 19.1 Å². The molecule has 0 fully saturated rings. The van der Waals surface area contributed by atoms with Crippen molar-refractivity contribution in [2.45, 2.75) is 45.1 Å². The molecular weight excluding hydrogens is 306 g/mol. The molecule has 0 aromatic heterocycles. The second kappa shape index (κ2) is 11.7. The van der Waals surface area contributed by atoms with E-state index in [0.29, 0.717) is 6.42 Å². The van der Waals surface area contributed by atoms with Gasteiger partial charge in [0, 0.05) is 25.3 Å². The van der Waals surface area contributed by atoms with Gasteiger partial charge in [0.1, 0.15) is 0 Å². The van der Waals surface area contributed by atoms with E-state index in [2.05, 4.69) is 35.1 Å². The fourth-order valence-corrected chi connectivity index (χ4v) is 2.47. The van der Waals surface area contributed by atoms with Gasteiger partial charge in [-0.1, -0.05) is 24.5 Å². The lowest BCUT2D eigenvalue weighted by Gasteiger charge is -2.27.